The molecule has 0 aromatic heterocycles. The summed E-state index contributed by atoms with van der Waals surface area (Å²) in [7, 11) is 0. The second-order valence-corrected chi connectivity index (χ2v) is 15.2. The largest absolute Gasteiger partial charge is 0.480 e. The predicted octanol–water partition coefficient (Wildman–Crippen LogP) is -10.3. The first-order valence-corrected chi connectivity index (χ1v) is 19.0. The zero-order valence-corrected chi connectivity index (χ0v) is 32.1. The summed E-state index contributed by atoms with van der Waals surface area (Å²) in [5, 5.41) is 149. The topological polar surface area (TPSA) is 438 Å². The third-order valence-corrected chi connectivity index (χ3v) is 10.9. The molecule has 60 heavy (non-hydrogen) atoms. The van der Waals surface area contributed by atoms with Crippen molar-refractivity contribution in [1.82, 2.24) is 5.32 Å². The van der Waals surface area contributed by atoms with Crippen LogP contribution in [0.5, 0.6) is 0 Å². The number of nitrogens with one attached hydrogen (secondary N) is 1. The number of hydrogen-bond acceptors (Lipinski definition) is 25. The van der Waals surface area contributed by atoms with Crippen molar-refractivity contribution in [2.45, 2.75) is 174 Å². The van der Waals surface area contributed by atoms with E-state index in [1.165, 1.54) is 13.8 Å². The molecule has 0 bridgehead atoms. The number of hydrogen-bond donors (Lipinski definition) is 16. The number of nitrogens with two attached hydrogens (primary N) is 1. The predicted molar refractivity (Wildman–Crippen MR) is 184 cm³/mol. The number of aliphatic hydroxyl groups excluding tert-OH is 13. The number of rotatable bonds is 14. The van der Waals surface area contributed by atoms with E-state index in [1.54, 1.807) is 0 Å². The summed E-state index contributed by atoms with van der Waals surface area (Å²) in [6, 6.07) is -1.67. The van der Waals surface area contributed by atoms with Gasteiger partial charge in [0.1, 0.15) is 110 Å². The monoisotopic (exact) mass is 880 g/mol. The van der Waals surface area contributed by atoms with Gasteiger partial charge in [0.2, 0.25) is 5.91 Å². The Morgan fingerprint density at radius 3 is 1.72 bits per heavy atom. The minimum absolute atomic E-state index is 0.551. The third kappa shape index (κ3) is 10.5. The maximum Gasteiger partial charge on any atom is 0.321 e. The summed E-state index contributed by atoms with van der Waals surface area (Å²) >= 11 is 0. The molecule has 25 atom stereocenters. The fraction of sp³-hybridized carbons (Fsp3) is 0.939. The molecule has 0 spiro atoms. The Balaban J connectivity index is 1.55. The molecule has 0 aromatic rings. The van der Waals surface area contributed by atoms with Crippen molar-refractivity contribution < 1.29 is 124 Å². The second-order valence-electron chi connectivity index (χ2n) is 15.2. The van der Waals surface area contributed by atoms with Gasteiger partial charge in [0.15, 0.2) is 31.4 Å². The Labute approximate surface area is 340 Å². The Kier molecular flexibility index (Phi) is 16.9. The van der Waals surface area contributed by atoms with E-state index in [0.717, 1.165) is 0 Å². The van der Waals surface area contributed by atoms with Gasteiger partial charge in [0, 0.05) is 0 Å². The third-order valence-electron chi connectivity index (χ3n) is 10.9. The van der Waals surface area contributed by atoms with Crippen LogP contribution in [0.25, 0.3) is 0 Å². The molecule has 5 rings (SSSR count). The lowest BCUT2D eigenvalue weighted by Gasteiger charge is -2.51. The van der Waals surface area contributed by atoms with Crippen LogP contribution >= 0.6 is 0 Å². The summed E-state index contributed by atoms with van der Waals surface area (Å²) in [6.45, 7) is 0.220. The Morgan fingerprint density at radius 1 is 0.583 bits per heavy atom. The molecule has 1 amide bonds. The molecular weight excluding hydrogens is 824 g/mol. The molecule has 5 saturated heterocycles. The van der Waals surface area contributed by atoms with Gasteiger partial charge in [-0.1, -0.05) is 0 Å². The SMILES string of the molecule is CC1O[C@@H](OC2C(O[C@H]3OC(CO)[C@H](O)C(O)C3O)[C@H](OC3C(O)[C@H](NC(=O)C[C@H](N)C(=O)O)OC(CO)[C@H]3O)OC(C)[C@H]2O[C@@H]2OC[C@@H](O)C(O)C2O)C(O)C(O)[C@H]1O. The molecule has 5 aliphatic heterocycles. The van der Waals surface area contributed by atoms with Crippen molar-refractivity contribution in [3.05, 3.63) is 0 Å². The van der Waals surface area contributed by atoms with Crippen LogP contribution in [-0.4, -0.2) is 257 Å². The number of carboxylic acid groups (broad SMARTS) is 1. The molecule has 5 heterocycles. The van der Waals surface area contributed by atoms with Crippen LogP contribution in [0.3, 0.4) is 0 Å². The minimum atomic E-state index is -2.12. The number of carbonyl (C=O) groups is 2. The molecule has 0 aliphatic carbocycles. The molecule has 5 aliphatic rings. The molecule has 27 heteroatoms. The minimum Gasteiger partial charge on any atom is -0.480 e. The maximum atomic E-state index is 12.7. The Hall–Kier alpha value is -1.98. The van der Waals surface area contributed by atoms with Crippen LogP contribution in [-0.2, 0) is 52.2 Å². The molecule has 17 N–H and O–H groups in total. The van der Waals surface area contributed by atoms with Crippen LogP contribution in [0.2, 0.25) is 0 Å². The highest BCUT2D eigenvalue weighted by Gasteiger charge is 2.57. The summed E-state index contributed by atoms with van der Waals surface area (Å²) < 4.78 is 52.5. The van der Waals surface area contributed by atoms with Gasteiger partial charge in [-0.05, 0) is 13.8 Å². The quantitative estimate of drug-likeness (QED) is 0.0770. The van der Waals surface area contributed by atoms with Crippen LogP contribution in [0.1, 0.15) is 20.3 Å². The summed E-state index contributed by atoms with van der Waals surface area (Å²) in [4.78, 5) is 23.9. The first kappa shape index (κ1) is 49.0. The first-order chi connectivity index (χ1) is 28.2. The number of carbonyl (C=O) groups excluding carboxylic acids is 1. The number of carboxylic acids is 1. The number of aliphatic hydroxyl groups is 13. The molecule has 5 fully saturated rings. The van der Waals surface area contributed by atoms with Crippen LogP contribution < -0.4 is 11.1 Å². The first-order valence-electron chi connectivity index (χ1n) is 19.0. The van der Waals surface area contributed by atoms with Crippen molar-refractivity contribution in [2.24, 2.45) is 5.73 Å². The van der Waals surface area contributed by atoms with Crippen molar-refractivity contribution in [3.8, 4) is 0 Å². The summed E-state index contributed by atoms with van der Waals surface area (Å²) in [5.74, 6) is -2.57. The van der Waals surface area contributed by atoms with Crippen molar-refractivity contribution in [1.29, 1.82) is 0 Å². The molecule has 0 aromatic carbocycles. The standard InChI is InChI=1S/C33H56N2O25/c1-7-14(40)18(44)21(47)31(53-7)59-26-24(57-30-20(46)15(41)10(38)6-52-30)8(2)54-33(27(26)60-32-22(48)19(45)16(42)11(4-36)56-32)58-25-17(43)12(5-37)55-28(23(25)49)35-13(39)3-9(34)29(50)51/h7-12,14-28,30-33,36-38,40-49H,3-6,34H2,1-2H3,(H,35,39)(H,50,51)/t7?,8?,9-,10+,11?,12?,14-,15?,16-,17+,18?,19?,20?,21?,22?,23?,24+,25?,26?,27?,28+,30-,31-,32+,33-/m0/s1. The van der Waals surface area contributed by atoms with Gasteiger partial charge in [-0.2, -0.15) is 0 Å². The Bertz CT molecular complexity index is 1400. The fourth-order valence-electron chi connectivity index (χ4n) is 7.26. The van der Waals surface area contributed by atoms with E-state index in [2.05, 4.69) is 5.32 Å². The molecule has 0 saturated carbocycles. The van der Waals surface area contributed by atoms with E-state index >= 15 is 0 Å². The normalized spacial score (nSPS) is 49.5. The lowest BCUT2D eigenvalue weighted by Crippen LogP contribution is -2.69. The summed E-state index contributed by atoms with van der Waals surface area (Å²) in [6.07, 6.45) is -44.4. The van der Waals surface area contributed by atoms with Gasteiger partial charge in [-0.15, -0.1) is 0 Å². The van der Waals surface area contributed by atoms with Gasteiger partial charge < -0.3 is 125 Å². The lowest BCUT2D eigenvalue weighted by molar-refractivity contribution is -0.411. The molecule has 14 unspecified atom stereocenters. The zero-order valence-electron chi connectivity index (χ0n) is 32.1. The van der Waals surface area contributed by atoms with Gasteiger partial charge in [0.05, 0.1) is 38.4 Å². The summed E-state index contributed by atoms with van der Waals surface area (Å²) in [5.41, 5.74) is 5.44. The average molecular weight is 881 g/mol. The van der Waals surface area contributed by atoms with Gasteiger partial charge in [-0.3, -0.25) is 9.59 Å². The molecule has 0 radical (unpaired) electrons. The molecular formula is C33H56N2O25. The second kappa shape index (κ2) is 20.7. The number of aliphatic carboxylic acids is 1. The van der Waals surface area contributed by atoms with Crippen molar-refractivity contribution in [3.63, 3.8) is 0 Å². The average Bonchev–Trinajstić information content (AvgIpc) is 3.20. The van der Waals surface area contributed by atoms with E-state index < -0.39 is 192 Å². The van der Waals surface area contributed by atoms with Gasteiger partial charge >= 0.3 is 5.97 Å². The lowest BCUT2D eigenvalue weighted by atomic mass is 9.95. The number of ether oxygens (including phenoxy) is 9. The van der Waals surface area contributed by atoms with E-state index in [0.29, 0.717) is 0 Å². The van der Waals surface area contributed by atoms with Crippen molar-refractivity contribution in [2.75, 3.05) is 19.8 Å². The highest BCUT2D eigenvalue weighted by molar-refractivity contribution is 5.84. The fourth-order valence-corrected chi connectivity index (χ4v) is 7.26. The van der Waals surface area contributed by atoms with E-state index in [-0.39, 0.29) is 0 Å². The van der Waals surface area contributed by atoms with Crippen LogP contribution in [0.15, 0.2) is 0 Å². The van der Waals surface area contributed by atoms with Crippen LogP contribution in [0, 0.1) is 0 Å². The van der Waals surface area contributed by atoms with Gasteiger partial charge in [-0.25, -0.2) is 0 Å². The number of amides is 1. The van der Waals surface area contributed by atoms with E-state index in [1.807, 2.05) is 0 Å². The molecule has 27 nitrogen and oxygen atoms in total. The highest BCUT2D eigenvalue weighted by Crippen LogP contribution is 2.38. The Morgan fingerprint density at radius 2 is 1.10 bits per heavy atom. The molecule has 348 valence electrons. The zero-order chi connectivity index (χ0) is 44.5. The van der Waals surface area contributed by atoms with Crippen LogP contribution in [0.4, 0.5) is 0 Å². The highest BCUT2D eigenvalue weighted by atomic mass is 16.8. The van der Waals surface area contributed by atoms with Gasteiger partial charge in [0.25, 0.3) is 0 Å². The van der Waals surface area contributed by atoms with E-state index in [9.17, 15) is 76.0 Å². The van der Waals surface area contributed by atoms with Crippen molar-refractivity contribution >= 4 is 11.9 Å². The van der Waals surface area contributed by atoms with E-state index in [4.69, 9.17) is 53.5 Å². The smallest absolute Gasteiger partial charge is 0.321 e. The maximum absolute atomic E-state index is 12.7.